The second kappa shape index (κ2) is 7.17. The van der Waals surface area contributed by atoms with Crippen LogP contribution in [0.2, 0.25) is 0 Å². The van der Waals surface area contributed by atoms with Crippen molar-refractivity contribution >= 4 is 34.4 Å². The van der Waals surface area contributed by atoms with Crippen LogP contribution in [-0.2, 0) is 20.9 Å². The summed E-state index contributed by atoms with van der Waals surface area (Å²) in [7, 11) is 1.26. The van der Waals surface area contributed by atoms with Gasteiger partial charge in [-0.2, -0.15) is 0 Å². The van der Waals surface area contributed by atoms with E-state index in [0.29, 0.717) is 16.1 Å². The topological polar surface area (TPSA) is 78.3 Å². The van der Waals surface area contributed by atoms with E-state index in [1.165, 1.54) is 11.7 Å². The number of carbonyl (C=O) groups is 2. The Morgan fingerprint density at radius 2 is 1.92 bits per heavy atom. The number of ether oxygens (including phenoxy) is 1. The third kappa shape index (κ3) is 4.03. The minimum atomic E-state index is -0.543. The SMILES string of the molecule is COC(=O)Cn1c(SCC(=O)C(C)(C)C)nc2ccccc2c1=O. The molecule has 2 aromatic rings. The number of aromatic nitrogens is 2. The number of methoxy groups -OCH3 is 1. The van der Waals surface area contributed by atoms with E-state index in [-0.39, 0.29) is 23.6 Å². The number of rotatable bonds is 5. The summed E-state index contributed by atoms with van der Waals surface area (Å²) in [4.78, 5) is 40.9. The Morgan fingerprint density at radius 1 is 1.25 bits per heavy atom. The van der Waals surface area contributed by atoms with Crippen molar-refractivity contribution in [1.82, 2.24) is 9.55 Å². The Balaban J connectivity index is 2.46. The maximum Gasteiger partial charge on any atom is 0.325 e. The number of carbonyl (C=O) groups excluding carboxylic acids is 2. The van der Waals surface area contributed by atoms with Crippen LogP contribution in [0, 0.1) is 5.41 Å². The quantitative estimate of drug-likeness (QED) is 0.469. The van der Waals surface area contributed by atoms with E-state index >= 15 is 0 Å². The van der Waals surface area contributed by atoms with Gasteiger partial charge in [0.1, 0.15) is 12.3 Å². The lowest BCUT2D eigenvalue weighted by molar-refractivity contribution is -0.141. The molecular weight excluding hydrogens is 328 g/mol. The zero-order valence-corrected chi connectivity index (χ0v) is 15.0. The van der Waals surface area contributed by atoms with Crippen molar-refractivity contribution in [3.8, 4) is 0 Å². The number of ketones is 1. The molecule has 0 aliphatic carbocycles. The van der Waals surface area contributed by atoms with Crippen LogP contribution in [0.15, 0.2) is 34.2 Å². The fourth-order valence-electron chi connectivity index (χ4n) is 1.94. The summed E-state index contributed by atoms with van der Waals surface area (Å²) >= 11 is 1.16. The first-order valence-corrected chi connectivity index (χ1v) is 8.45. The van der Waals surface area contributed by atoms with Crippen LogP contribution < -0.4 is 5.56 Å². The molecule has 7 heteroatoms. The number of para-hydroxylation sites is 1. The highest BCUT2D eigenvalue weighted by atomic mass is 32.2. The van der Waals surface area contributed by atoms with Crippen molar-refractivity contribution in [1.29, 1.82) is 0 Å². The van der Waals surface area contributed by atoms with Crippen LogP contribution >= 0.6 is 11.8 Å². The number of thioether (sulfide) groups is 1. The molecule has 0 spiro atoms. The largest absolute Gasteiger partial charge is 0.468 e. The molecule has 1 aromatic heterocycles. The predicted molar refractivity (Wildman–Crippen MR) is 93.2 cm³/mol. The molecule has 0 amide bonds. The number of hydrogen-bond acceptors (Lipinski definition) is 6. The average molecular weight is 348 g/mol. The molecule has 128 valence electrons. The highest BCUT2D eigenvalue weighted by Crippen LogP contribution is 2.23. The monoisotopic (exact) mass is 348 g/mol. The summed E-state index contributed by atoms with van der Waals surface area (Å²) in [6, 6.07) is 6.92. The molecule has 0 fully saturated rings. The normalized spacial score (nSPS) is 11.5. The number of esters is 1. The Bertz CT molecular complexity index is 837. The van der Waals surface area contributed by atoms with Crippen molar-refractivity contribution in [2.45, 2.75) is 32.5 Å². The summed E-state index contributed by atoms with van der Waals surface area (Å²) in [5.41, 5.74) is -0.261. The zero-order valence-electron chi connectivity index (χ0n) is 14.2. The van der Waals surface area contributed by atoms with Gasteiger partial charge >= 0.3 is 5.97 Å². The third-order valence-electron chi connectivity index (χ3n) is 3.51. The van der Waals surface area contributed by atoms with Crippen molar-refractivity contribution in [3.63, 3.8) is 0 Å². The Kier molecular flexibility index (Phi) is 5.43. The molecule has 0 N–H and O–H groups in total. The average Bonchev–Trinajstić information content (AvgIpc) is 2.54. The van der Waals surface area contributed by atoms with E-state index in [1.54, 1.807) is 24.3 Å². The van der Waals surface area contributed by atoms with Crippen molar-refractivity contribution < 1.29 is 14.3 Å². The van der Waals surface area contributed by atoms with Gasteiger partial charge in [-0.25, -0.2) is 4.98 Å². The molecule has 0 aliphatic heterocycles. The third-order valence-corrected chi connectivity index (χ3v) is 4.49. The van der Waals surface area contributed by atoms with E-state index in [4.69, 9.17) is 0 Å². The molecule has 2 rings (SSSR count). The van der Waals surface area contributed by atoms with Crippen molar-refractivity contribution in [2.75, 3.05) is 12.9 Å². The Morgan fingerprint density at radius 3 is 2.54 bits per heavy atom. The fraction of sp³-hybridized carbons (Fsp3) is 0.412. The second-order valence-electron chi connectivity index (χ2n) is 6.34. The van der Waals surface area contributed by atoms with Gasteiger partial charge in [0, 0.05) is 5.41 Å². The van der Waals surface area contributed by atoms with Gasteiger partial charge in [0.15, 0.2) is 5.16 Å². The predicted octanol–water partition coefficient (Wildman–Crippen LogP) is 2.28. The Labute approximate surface area is 144 Å². The fourth-order valence-corrected chi connectivity index (χ4v) is 3.10. The minimum absolute atomic E-state index is 0.0412. The molecule has 1 heterocycles. The van der Waals surface area contributed by atoms with E-state index < -0.39 is 11.4 Å². The second-order valence-corrected chi connectivity index (χ2v) is 7.28. The molecular formula is C17H20N2O4S. The molecule has 24 heavy (non-hydrogen) atoms. The molecule has 0 unspecified atom stereocenters. The highest BCUT2D eigenvalue weighted by molar-refractivity contribution is 7.99. The maximum atomic E-state index is 12.7. The van der Waals surface area contributed by atoms with E-state index in [0.717, 1.165) is 11.8 Å². The van der Waals surface area contributed by atoms with Crippen LogP contribution in [0.1, 0.15) is 20.8 Å². The van der Waals surface area contributed by atoms with Crippen LogP contribution in [0.5, 0.6) is 0 Å². The summed E-state index contributed by atoms with van der Waals surface area (Å²) in [5, 5.41) is 0.759. The maximum absolute atomic E-state index is 12.7. The van der Waals surface area contributed by atoms with Gasteiger partial charge in [0.05, 0.1) is 23.8 Å². The first kappa shape index (κ1) is 18.2. The molecule has 0 bridgehead atoms. The van der Waals surface area contributed by atoms with Crippen LogP contribution in [-0.4, -0.2) is 34.2 Å². The number of Topliss-reactive ketones (excluding diaryl/α,β-unsaturated/α-hetero) is 1. The first-order valence-electron chi connectivity index (χ1n) is 7.46. The van der Waals surface area contributed by atoms with Gasteiger partial charge in [-0.15, -0.1) is 0 Å². The molecule has 0 aliphatic rings. The number of benzene rings is 1. The van der Waals surface area contributed by atoms with E-state index in [9.17, 15) is 14.4 Å². The Hall–Kier alpha value is -2.15. The summed E-state index contributed by atoms with van der Waals surface area (Å²) in [6.07, 6.45) is 0. The lowest BCUT2D eigenvalue weighted by Crippen LogP contribution is -2.28. The molecule has 0 atom stereocenters. The summed E-state index contributed by atoms with van der Waals surface area (Å²) in [5.74, 6) is -0.326. The van der Waals surface area contributed by atoms with Gasteiger partial charge in [-0.05, 0) is 12.1 Å². The lowest BCUT2D eigenvalue weighted by atomic mass is 9.92. The van der Waals surface area contributed by atoms with Gasteiger partial charge in [0.2, 0.25) is 0 Å². The van der Waals surface area contributed by atoms with E-state index in [2.05, 4.69) is 9.72 Å². The number of nitrogens with zero attached hydrogens (tertiary/aromatic N) is 2. The summed E-state index contributed by atoms with van der Waals surface area (Å²) in [6.45, 7) is 5.28. The van der Waals surface area contributed by atoms with Crippen molar-refractivity contribution in [2.24, 2.45) is 5.41 Å². The first-order chi connectivity index (χ1) is 11.2. The minimum Gasteiger partial charge on any atom is -0.468 e. The molecule has 1 aromatic carbocycles. The zero-order chi connectivity index (χ0) is 17.9. The molecule has 0 saturated carbocycles. The van der Waals surface area contributed by atoms with Gasteiger partial charge < -0.3 is 4.74 Å². The van der Waals surface area contributed by atoms with Gasteiger partial charge in [0.25, 0.3) is 5.56 Å². The summed E-state index contributed by atoms with van der Waals surface area (Å²) < 4.78 is 5.91. The standard InChI is InChI=1S/C17H20N2O4S/c1-17(2,3)13(20)10-24-16-18-12-8-6-5-7-11(12)15(22)19(16)9-14(21)23-4/h5-8H,9-10H2,1-4H3. The molecule has 0 saturated heterocycles. The smallest absolute Gasteiger partial charge is 0.325 e. The van der Waals surface area contributed by atoms with Gasteiger partial charge in [-0.1, -0.05) is 44.7 Å². The van der Waals surface area contributed by atoms with Crippen molar-refractivity contribution in [3.05, 3.63) is 34.6 Å². The van der Waals surface area contributed by atoms with Crippen LogP contribution in [0.25, 0.3) is 10.9 Å². The highest BCUT2D eigenvalue weighted by Gasteiger charge is 2.22. The lowest BCUT2D eigenvalue weighted by Gasteiger charge is -2.17. The van der Waals surface area contributed by atoms with Crippen LogP contribution in [0.3, 0.4) is 0 Å². The number of hydrogen-bond donors (Lipinski definition) is 0. The van der Waals surface area contributed by atoms with E-state index in [1.807, 2.05) is 20.8 Å². The number of fused-ring (bicyclic) bond motifs is 1. The van der Waals surface area contributed by atoms with Crippen LogP contribution in [0.4, 0.5) is 0 Å². The molecule has 6 nitrogen and oxygen atoms in total. The molecule has 0 radical (unpaired) electrons. The van der Waals surface area contributed by atoms with Gasteiger partial charge in [-0.3, -0.25) is 19.0 Å².